The number of nitrogens with zero attached hydrogens (tertiary/aromatic N) is 2. The number of unbranched alkanes of at least 4 members (excludes halogenated alkanes) is 4. The third-order valence-corrected chi connectivity index (χ3v) is 2.95. The second kappa shape index (κ2) is 8.21. The topological polar surface area (TPSA) is 25.8 Å². The first-order chi connectivity index (χ1) is 8.26. The maximum Gasteiger partial charge on any atom is 0.129 e. The van der Waals surface area contributed by atoms with Crippen LogP contribution in [0.2, 0.25) is 0 Å². The van der Waals surface area contributed by atoms with E-state index in [-0.39, 0.29) is 0 Å². The molecule has 0 fully saturated rings. The van der Waals surface area contributed by atoms with E-state index in [9.17, 15) is 0 Å². The zero-order valence-electron chi connectivity index (χ0n) is 11.3. The van der Waals surface area contributed by atoms with E-state index in [1.807, 2.05) is 0 Å². The minimum absolute atomic E-state index is 0.686. The molecule has 0 atom stereocenters. The first-order valence-corrected chi connectivity index (χ1v) is 6.95. The van der Waals surface area contributed by atoms with Gasteiger partial charge in [0.15, 0.2) is 0 Å². The maximum absolute atomic E-state index is 4.41. The van der Waals surface area contributed by atoms with E-state index in [0.717, 1.165) is 12.8 Å². The third-order valence-electron chi connectivity index (χ3n) is 2.95. The molecule has 0 amide bonds. The number of hydrogen-bond donors (Lipinski definition) is 0. The lowest BCUT2D eigenvalue weighted by atomic mass is 10.1. The van der Waals surface area contributed by atoms with Crippen molar-refractivity contribution in [3.8, 4) is 0 Å². The predicted molar refractivity (Wildman–Crippen MR) is 72.9 cm³/mol. The van der Waals surface area contributed by atoms with Gasteiger partial charge < -0.3 is 0 Å². The molecule has 1 aromatic heterocycles. The van der Waals surface area contributed by atoms with E-state index in [2.05, 4.69) is 36.8 Å². The molecular formula is C15H25N2. The fourth-order valence-corrected chi connectivity index (χ4v) is 1.98. The van der Waals surface area contributed by atoms with Crippen LogP contribution in [-0.4, -0.2) is 9.97 Å². The molecule has 17 heavy (non-hydrogen) atoms. The van der Waals surface area contributed by atoms with Crippen LogP contribution < -0.4 is 0 Å². The third kappa shape index (κ3) is 5.81. The molecule has 0 aliphatic heterocycles. The van der Waals surface area contributed by atoms with Crippen LogP contribution in [-0.2, 0) is 12.8 Å². The van der Waals surface area contributed by atoms with Crippen molar-refractivity contribution in [2.45, 2.75) is 65.2 Å². The van der Waals surface area contributed by atoms with Crippen LogP contribution in [0, 0.1) is 6.92 Å². The van der Waals surface area contributed by atoms with Gasteiger partial charge >= 0.3 is 0 Å². The molecule has 95 valence electrons. The van der Waals surface area contributed by atoms with Crippen molar-refractivity contribution in [3.63, 3.8) is 0 Å². The smallest absolute Gasteiger partial charge is 0.129 e. The molecule has 0 N–H and O–H groups in total. The summed E-state index contributed by atoms with van der Waals surface area (Å²) in [5, 5.41) is 0. The van der Waals surface area contributed by atoms with Crippen LogP contribution in [0.25, 0.3) is 0 Å². The highest BCUT2D eigenvalue weighted by molar-refractivity contribution is 5.13. The molecule has 0 aromatic carbocycles. The summed E-state index contributed by atoms with van der Waals surface area (Å²) in [7, 11) is 0. The van der Waals surface area contributed by atoms with Crippen molar-refractivity contribution in [1.82, 2.24) is 9.97 Å². The molecule has 1 aromatic rings. The Balaban J connectivity index is 2.53. The summed E-state index contributed by atoms with van der Waals surface area (Å²) in [5.41, 5.74) is 2.34. The molecule has 0 saturated carbocycles. The van der Waals surface area contributed by atoms with E-state index >= 15 is 0 Å². The van der Waals surface area contributed by atoms with E-state index in [1.54, 1.807) is 0 Å². The quantitative estimate of drug-likeness (QED) is 0.631. The van der Waals surface area contributed by atoms with Crippen molar-refractivity contribution >= 4 is 0 Å². The highest BCUT2D eigenvalue weighted by Gasteiger charge is 2.02. The van der Waals surface area contributed by atoms with Crippen molar-refractivity contribution in [2.75, 3.05) is 0 Å². The molecule has 1 rings (SSSR count). The Labute approximate surface area is 106 Å². The Morgan fingerprint density at radius 3 is 1.76 bits per heavy atom. The second-order valence-corrected chi connectivity index (χ2v) is 4.68. The fraction of sp³-hybridized carbons (Fsp3) is 0.667. The standard InChI is InChI=1S/C15H25N2/c1-4-6-8-10-14-12-15(11-9-7-5-2)17-13(3)16-14/h12H,3-11H2,1-2H3. The lowest BCUT2D eigenvalue weighted by Gasteiger charge is -2.05. The largest absolute Gasteiger partial charge is 0.238 e. The van der Waals surface area contributed by atoms with E-state index in [0.29, 0.717) is 5.82 Å². The van der Waals surface area contributed by atoms with Crippen LogP contribution in [0.1, 0.15) is 69.6 Å². The molecule has 0 unspecified atom stereocenters. The van der Waals surface area contributed by atoms with Gasteiger partial charge in [-0.1, -0.05) is 39.5 Å². The first-order valence-electron chi connectivity index (χ1n) is 6.95. The van der Waals surface area contributed by atoms with Crippen LogP contribution in [0.3, 0.4) is 0 Å². The monoisotopic (exact) mass is 233 g/mol. The molecule has 1 radical (unpaired) electrons. The predicted octanol–water partition coefficient (Wildman–Crippen LogP) is 4.12. The van der Waals surface area contributed by atoms with Gasteiger partial charge in [0, 0.05) is 18.3 Å². The van der Waals surface area contributed by atoms with Gasteiger partial charge in [-0.3, -0.25) is 0 Å². The van der Waals surface area contributed by atoms with Crippen LogP contribution >= 0.6 is 0 Å². The molecule has 0 spiro atoms. The molecule has 2 heteroatoms. The lowest BCUT2D eigenvalue weighted by Crippen LogP contribution is -2.01. The number of aromatic nitrogens is 2. The molecule has 0 saturated heterocycles. The highest BCUT2D eigenvalue weighted by atomic mass is 14.9. The van der Waals surface area contributed by atoms with Crippen molar-refractivity contribution < 1.29 is 0 Å². The summed E-state index contributed by atoms with van der Waals surface area (Å²) in [6, 6.07) is 2.17. The lowest BCUT2D eigenvalue weighted by molar-refractivity contribution is 0.688. The molecule has 1 heterocycles. The van der Waals surface area contributed by atoms with Crippen LogP contribution in [0.15, 0.2) is 6.07 Å². The van der Waals surface area contributed by atoms with Gasteiger partial charge in [0.05, 0.1) is 0 Å². The Morgan fingerprint density at radius 2 is 1.35 bits per heavy atom. The average Bonchev–Trinajstić information content (AvgIpc) is 2.29. The summed E-state index contributed by atoms with van der Waals surface area (Å²) in [6.45, 7) is 8.33. The summed E-state index contributed by atoms with van der Waals surface area (Å²) >= 11 is 0. The SMILES string of the molecule is [CH2]c1nc(CCCCC)cc(CCCCC)n1. The normalized spacial score (nSPS) is 10.8. The van der Waals surface area contributed by atoms with E-state index < -0.39 is 0 Å². The zero-order valence-corrected chi connectivity index (χ0v) is 11.3. The van der Waals surface area contributed by atoms with Crippen molar-refractivity contribution in [1.29, 1.82) is 0 Å². The first kappa shape index (κ1) is 14.1. The molecule has 0 aliphatic carbocycles. The highest BCUT2D eigenvalue weighted by Crippen LogP contribution is 2.09. The minimum Gasteiger partial charge on any atom is -0.238 e. The Kier molecular flexibility index (Phi) is 6.83. The van der Waals surface area contributed by atoms with Gasteiger partial charge in [0.2, 0.25) is 0 Å². The summed E-state index contributed by atoms with van der Waals surface area (Å²) in [6.07, 6.45) is 9.66. The van der Waals surface area contributed by atoms with Gasteiger partial charge in [0.25, 0.3) is 0 Å². The summed E-state index contributed by atoms with van der Waals surface area (Å²) < 4.78 is 0. The fourth-order valence-electron chi connectivity index (χ4n) is 1.98. The van der Waals surface area contributed by atoms with Gasteiger partial charge in [-0.15, -0.1) is 0 Å². The molecular weight excluding hydrogens is 208 g/mol. The number of hydrogen-bond acceptors (Lipinski definition) is 2. The summed E-state index contributed by atoms with van der Waals surface area (Å²) in [4.78, 5) is 8.82. The molecule has 0 aliphatic rings. The van der Waals surface area contributed by atoms with Crippen molar-refractivity contribution in [3.05, 3.63) is 30.2 Å². The molecule has 0 bridgehead atoms. The minimum atomic E-state index is 0.686. The summed E-state index contributed by atoms with van der Waals surface area (Å²) in [5.74, 6) is 0.686. The van der Waals surface area contributed by atoms with Crippen molar-refractivity contribution in [2.24, 2.45) is 0 Å². The number of rotatable bonds is 8. The Bertz CT molecular complexity index is 292. The Morgan fingerprint density at radius 1 is 0.882 bits per heavy atom. The van der Waals surface area contributed by atoms with E-state index in [4.69, 9.17) is 0 Å². The Hall–Kier alpha value is -0.920. The van der Waals surface area contributed by atoms with Gasteiger partial charge in [-0.05, 0) is 31.7 Å². The van der Waals surface area contributed by atoms with Gasteiger partial charge in [0.1, 0.15) is 5.82 Å². The second-order valence-electron chi connectivity index (χ2n) is 4.68. The van der Waals surface area contributed by atoms with Gasteiger partial charge in [-0.2, -0.15) is 0 Å². The van der Waals surface area contributed by atoms with E-state index in [1.165, 1.54) is 49.9 Å². The average molecular weight is 233 g/mol. The molecule has 2 nitrogen and oxygen atoms in total. The number of aryl methyl sites for hydroxylation is 2. The maximum atomic E-state index is 4.41. The van der Waals surface area contributed by atoms with Crippen LogP contribution in [0.5, 0.6) is 0 Å². The zero-order chi connectivity index (χ0) is 12.5. The van der Waals surface area contributed by atoms with Crippen LogP contribution in [0.4, 0.5) is 0 Å². The van der Waals surface area contributed by atoms with Gasteiger partial charge in [-0.25, -0.2) is 9.97 Å².